The molecule has 0 bridgehead atoms. The Morgan fingerprint density at radius 3 is 2.58 bits per heavy atom. The van der Waals surface area contributed by atoms with E-state index in [4.69, 9.17) is 10.5 Å². The van der Waals surface area contributed by atoms with Crippen LogP contribution in [-0.2, 0) is 0 Å². The smallest absolute Gasteiger partial charge is 0.140 e. The number of hydrogen-bond acceptors (Lipinski definition) is 3. The first-order chi connectivity index (χ1) is 9.11. The molecule has 1 atom stereocenters. The van der Waals surface area contributed by atoms with Crippen LogP contribution in [0, 0.1) is 0 Å². The van der Waals surface area contributed by atoms with Crippen LogP contribution in [-0.4, -0.2) is 6.26 Å². The van der Waals surface area contributed by atoms with Gasteiger partial charge in [-0.2, -0.15) is 0 Å². The van der Waals surface area contributed by atoms with Gasteiger partial charge in [-0.1, -0.05) is 34.1 Å². The van der Waals surface area contributed by atoms with Crippen molar-refractivity contribution in [3.8, 4) is 11.5 Å². The van der Waals surface area contributed by atoms with E-state index in [2.05, 4.69) is 15.9 Å². The second-order valence-electron chi connectivity index (χ2n) is 4.22. The van der Waals surface area contributed by atoms with E-state index >= 15 is 0 Å². The van der Waals surface area contributed by atoms with Crippen molar-refractivity contribution in [1.29, 1.82) is 0 Å². The number of nitrogens with two attached hydrogens (primary N) is 1. The standard InChI is InChI=1S/C15H16BrNOS/c1-10(17)12-8-7-11(16)9-14(12)18-13-5-3-4-6-15(13)19-2/h3-10H,17H2,1-2H3. The third kappa shape index (κ3) is 3.53. The number of ether oxygens (including phenoxy) is 1. The van der Waals surface area contributed by atoms with E-state index in [-0.39, 0.29) is 6.04 Å². The second-order valence-corrected chi connectivity index (χ2v) is 5.99. The normalized spacial score (nSPS) is 12.2. The van der Waals surface area contributed by atoms with Crippen molar-refractivity contribution in [2.45, 2.75) is 17.9 Å². The minimum absolute atomic E-state index is 0.0652. The summed E-state index contributed by atoms with van der Waals surface area (Å²) in [5.74, 6) is 1.65. The summed E-state index contributed by atoms with van der Waals surface area (Å²) in [6.45, 7) is 1.95. The van der Waals surface area contributed by atoms with Gasteiger partial charge in [0.05, 0.1) is 0 Å². The summed E-state index contributed by atoms with van der Waals surface area (Å²) in [6.07, 6.45) is 2.04. The molecule has 0 saturated heterocycles. The molecule has 0 aliphatic heterocycles. The van der Waals surface area contributed by atoms with Crippen LogP contribution in [0.5, 0.6) is 11.5 Å². The Morgan fingerprint density at radius 1 is 1.16 bits per heavy atom. The molecule has 0 radical (unpaired) electrons. The van der Waals surface area contributed by atoms with Gasteiger partial charge in [0.2, 0.25) is 0 Å². The van der Waals surface area contributed by atoms with E-state index in [0.717, 1.165) is 26.4 Å². The van der Waals surface area contributed by atoms with Crippen molar-refractivity contribution in [3.05, 3.63) is 52.5 Å². The van der Waals surface area contributed by atoms with Crippen LogP contribution in [0.15, 0.2) is 51.8 Å². The summed E-state index contributed by atoms with van der Waals surface area (Å²) in [6, 6.07) is 13.9. The maximum absolute atomic E-state index is 6.04. The molecule has 0 fully saturated rings. The molecule has 2 nitrogen and oxygen atoms in total. The van der Waals surface area contributed by atoms with Gasteiger partial charge in [0, 0.05) is 21.0 Å². The molecule has 100 valence electrons. The molecule has 0 saturated carbocycles. The highest BCUT2D eigenvalue weighted by molar-refractivity contribution is 9.10. The summed E-state index contributed by atoms with van der Waals surface area (Å²) in [5.41, 5.74) is 6.99. The van der Waals surface area contributed by atoms with Crippen molar-refractivity contribution in [1.82, 2.24) is 0 Å². The predicted molar refractivity (Wildman–Crippen MR) is 85.0 cm³/mol. The van der Waals surface area contributed by atoms with E-state index in [0.29, 0.717) is 0 Å². The lowest BCUT2D eigenvalue weighted by Crippen LogP contribution is -2.06. The Bertz CT molecular complexity index is 572. The van der Waals surface area contributed by atoms with E-state index in [9.17, 15) is 0 Å². The molecular weight excluding hydrogens is 322 g/mol. The van der Waals surface area contributed by atoms with Crippen LogP contribution in [0.25, 0.3) is 0 Å². The van der Waals surface area contributed by atoms with Gasteiger partial charge in [0.25, 0.3) is 0 Å². The fourth-order valence-electron chi connectivity index (χ4n) is 1.79. The zero-order valence-corrected chi connectivity index (χ0v) is 13.3. The first-order valence-electron chi connectivity index (χ1n) is 5.97. The molecule has 4 heteroatoms. The second kappa shape index (κ2) is 6.46. The number of rotatable bonds is 4. The molecule has 0 aliphatic rings. The average molecular weight is 338 g/mol. The average Bonchev–Trinajstić information content (AvgIpc) is 2.39. The van der Waals surface area contributed by atoms with Crippen LogP contribution in [0.1, 0.15) is 18.5 Å². The third-order valence-electron chi connectivity index (χ3n) is 2.76. The highest BCUT2D eigenvalue weighted by atomic mass is 79.9. The molecule has 2 N–H and O–H groups in total. The molecule has 0 amide bonds. The minimum atomic E-state index is -0.0652. The molecule has 19 heavy (non-hydrogen) atoms. The van der Waals surface area contributed by atoms with Gasteiger partial charge in [-0.25, -0.2) is 0 Å². The number of halogens is 1. The summed E-state index contributed by atoms with van der Waals surface area (Å²) in [4.78, 5) is 1.11. The Morgan fingerprint density at radius 2 is 1.89 bits per heavy atom. The number of hydrogen-bond donors (Lipinski definition) is 1. The van der Waals surface area contributed by atoms with Crippen molar-refractivity contribution in [3.63, 3.8) is 0 Å². The van der Waals surface area contributed by atoms with Crippen molar-refractivity contribution >= 4 is 27.7 Å². The highest BCUT2D eigenvalue weighted by Gasteiger charge is 2.11. The van der Waals surface area contributed by atoms with Crippen molar-refractivity contribution < 1.29 is 4.74 Å². The van der Waals surface area contributed by atoms with Crippen molar-refractivity contribution in [2.24, 2.45) is 5.73 Å². The van der Waals surface area contributed by atoms with Gasteiger partial charge in [-0.15, -0.1) is 11.8 Å². The fourth-order valence-corrected chi connectivity index (χ4v) is 2.66. The van der Waals surface area contributed by atoms with Gasteiger partial charge < -0.3 is 10.5 Å². The van der Waals surface area contributed by atoms with Gasteiger partial charge in [-0.3, -0.25) is 0 Å². The molecule has 0 heterocycles. The largest absolute Gasteiger partial charge is 0.456 e. The highest BCUT2D eigenvalue weighted by Crippen LogP contribution is 2.35. The van der Waals surface area contributed by atoms with Crippen LogP contribution < -0.4 is 10.5 Å². The lowest BCUT2D eigenvalue weighted by atomic mass is 10.1. The molecule has 2 aromatic carbocycles. The fraction of sp³-hybridized carbons (Fsp3) is 0.200. The number of benzene rings is 2. The first-order valence-corrected chi connectivity index (χ1v) is 7.99. The van der Waals surface area contributed by atoms with Gasteiger partial charge >= 0.3 is 0 Å². The topological polar surface area (TPSA) is 35.2 Å². The maximum Gasteiger partial charge on any atom is 0.140 e. The lowest BCUT2D eigenvalue weighted by Gasteiger charge is -2.15. The zero-order valence-electron chi connectivity index (χ0n) is 10.9. The Labute approximate surface area is 126 Å². The van der Waals surface area contributed by atoms with Gasteiger partial charge in [0.1, 0.15) is 11.5 Å². The van der Waals surface area contributed by atoms with E-state index < -0.39 is 0 Å². The first kappa shape index (κ1) is 14.4. The Balaban J connectivity index is 2.39. The van der Waals surface area contributed by atoms with Gasteiger partial charge in [-0.05, 0) is 37.4 Å². The molecule has 0 spiro atoms. The maximum atomic E-state index is 6.04. The minimum Gasteiger partial charge on any atom is -0.456 e. The van der Waals surface area contributed by atoms with Crippen LogP contribution in [0.4, 0.5) is 0 Å². The molecular formula is C15H16BrNOS. The number of para-hydroxylation sites is 1. The Kier molecular flexibility index (Phi) is 4.91. The molecule has 0 aromatic heterocycles. The molecule has 2 aromatic rings. The number of thioether (sulfide) groups is 1. The Hall–Kier alpha value is -0.970. The molecule has 2 rings (SSSR count). The molecule has 1 unspecified atom stereocenters. The van der Waals surface area contributed by atoms with Crippen molar-refractivity contribution in [2.75, 3.05) is 6.26 Å². The monoisotopic (exact) mass is 337 g/mol. The SMILES string of the molecule is CSc1ccccc1Oc1cc(Br)ccc1C(C)N. The van der Waals surface area contributed by atoms with Crippen LogP contribution >= 0.6 is 27.7 Å². The third-order valence-corrected chi connectivity index (χ3v) is 4.03. The predicted octanol–water partition coefficient (Wildman–Crippen LogP) is 4.98. The van der Waals surface area contributed by atoms with Crippen LogP contribution in [0.2, 0.25) is 0 Å². The lowest BCUT2D eigenvalue weighted by molar-refractivity contribution is 0.461. The van der Waals surface area contributed by atoms with Gasteiger partial charge in [0.15, 0.2) is 0 Å². The summed E-state index contributed by atoms with van der Waals surface area (Å²) in [7, 11) is 0. The van der Waals surface area contributed by atoms with E-state index in [1.165, 1.54) is 0 Å². The zero-order chi connectivity index (χ0) is 13.8. The summed E-state index contributed by atoms with van der Waals surface area (Å²) >= 11 is 5.13. The quantitative estimate of drug-likeness (QED) is 0.798. The summed E-state index contributed by atoms with van der Waals surface area (Å²) < 4.78 is 7.02. The van der Waals surface area contributed by atoms with E-state index in [1.807, 2.05) is 55.6 Å². The summed E-state index contributed by atoms with van der Waals surface area (Å²) in [5, 5.41) is 0. The van der Waals surface area contributed by atoms with Crippen LogP contribution in [0.3, 0.4) is 0 Å². The molecule has 0 aliphatic carbocycles. The van der Waals surface area contributed by atoms with E-state index in [1.54, 1.807) is 11.8 Å².